The predicted molar refractivity (Wildman–Crippen MR) is 66.2 cm³/mol. The van der Waals surface area contributed by atoms with E-state index in [4.69, 9.17) is 4.42 Å². The van der Waals surface area contributed by atoms with Crippen molar-refractivity contribution in [3.8, 4) is 0 Å². The fourth-order valence-electron chi connectivity index (χ4n) is 1.40. The van der Waals surface area contributed by atoms with E-state index in [-0.39, 0.29) is 10.7 Å². The molecule has 1 amide bonds. The van der Waals surface area contributed by atoms with Gasteiger partial charge in [-0.3, -0.25) is 4.79 Å². The molecule has 94 valence electrons. The molecule has 0 saturated heterocycles. The Kier molecular flexibility index (Phi) is 3.20. The van der Waals surface area contributed by atoms with Gasteiger partial charge in [0.1, 0.15) is 0 Å². The van der Waals surface area contributed by atoms with Gasteiger partial charge in [0.2, 0.25) is 0 Å². The summed E-state index contributed by atoms with van der Waals surface area (Å²) in [5, 5.41) is 2.56. The highest BCUT2D eigenvalue weighted by Crippen LogP contribution is 2.16. The molecule has 2 rings (SSSR count). The quantitative estimate of drug-likeness (QED) is 0.920. The predicted octanol–water partition coefficient (Wildman–Crippen LogP) is 1.94. The number of nitrogens with one attached hydrogen (secondary N) is 1. The highest BCUT2D eigenvalue weighted by atomic mass is 32.2. The Hall–Kier alpha value is -2.08. The van der Waals surface area contributed by atoms with Gasteiger partial charge in [-0.1, -0.05) is 6.07 Å². The van der Waals surface area contributed by atoms with Crippen molar-refractivity contribution in [1.29, 1.82) is 0 Å². The van der Waals surface area contributed by atoms with Crippen molar-refractivity contribution >= 4 is 21.4 Å². The van der Waals surface area contributed by atoms with Crippen LogP contribution in [0.3, 0.4) is 0 Å². The number of hydrogen-bond donors (Lipinski definition) is 1. The minimum Gasteiger partial charge on any atom is -0.459 e. The average Bonchev–Trinajstić information content (AvgIpc) is 2.81. The van der Waals surface area contributed by atoms with Crippen molar-refractivity contribution in [2.45, 2.75) is 4.90 Å². The fourth-order valence-corrected chi connectivity index (χ4v) is 2.07. The van der Waals surface area contributed by atoms with Gasteiger partial charge in [0.05, 0.1) is 11.2 Å². The monoisotopic (exact) mass is 265 g/mol. The molecular weight excluding hydrogens is 254 g/mol. The lowest BCUT2D eigenvalue weighted by atomic mass is 10.3. The van der Waals surface area contributed by atoms with Gasteiger partial charge in [-0.15, -0.1) is 0 Å². The summed E-state index contributed by atoms with van der Waals surface area (Å²) in [7, 11) is -3.29. The van der Waals surface area contributed by atoms with Crippen molar-refractivity contribution in [3.05, 3.63) is 48.4 Å². The Bertz CT molecular complexity index is 659. The zero-order valence-electron chi connectivity index (χ0n) is 9.58. The van der Waals surface area contributed by atoms with Crippen molar-refractivity contribution in [2.75, 3.05) is 11.6 Å². The standard InChI is InChI=1S/C12H11NO4S/c1-18(15,16)10-5-2-4-9(8-10)13-12(14)11-6-3-7-17-11/h2-8H,1H3,(H,13,14). The molecule has 0 fully saturated rings. The molecule has 1 aromatic carbocycles. The van der Waals surface area contributed by atoms with Gasteiger partial charge in [0.15, 0.2) is 15.6 Å². The molecule has 1 aromatic heterocycles. The Labute approximate surface area is 104 Å². The van der Waals surface area contributed by atoms with E-state index in [9.17, 15) is 13.2 Å². The second-order valence-electron chi connectivity index (χ2n) is 3.73. The molecular formula is C12H11NO4S. The lowest BCUT2D eigenvalue weighted by Crippen LogP contribution is -2.11. The summed E-state index contributed by atoms with van der Waals surface area (Å²) >= 11 is 0. The third-order valence-corrected chi connectivity index (χ3v) is 3.38. The highest BCUT2D eigenvalue weighted by molar-refractivity contribution is 7.90. The summed E-state index contributed by atoms with van der Waals surface area (Å²) in [6.45, 7) is 0. The van der Waals surface area contributed by atoms with E-state index in [1.807, 2.05) is 0 Å². The molecule has 0 aliphatic carbocycles. The van der Waals surface area contributed by atoms with Gasteiger partial charge in [-0.2, -0.15) is 0 Å². The molecule has 0 unspecified atom stereocenters. The minimum absolute atomic E-state index is 0.153. The number of anilines is 1. The van der Waals surface area contributed by atoms with Gasteiger partial charge >= 0.3 is 0 Å². The van der Waals surface area contributed by atoms with E-state index in [0.717, 1.165) is 6.26 Å². The molecule has 0 aliphatic heterocycles. The number of amides is 1. The second-order valence-corrected chi connectivity index (χ2v) is 5.75. The Morgan fingerprint density at radius 1 is 1.22 bits per heavy atom. The number of furan rings is 1. The van der Waals surface area contributed by atoms with Crippen LogP contribution in [0.1, 0.15) is 10.6 Å². The number of carbonyl (C=O) groups excluding carboxylic acids is 1. The first-order chi connectivity index (χ1) is 8.47. The van der Waals surface area contributed by atoms with E-state index < -0.39 is 15.7 Å². The fraction of sp³-hybridized carbons (Fsp3) is 0.0833. The molecule has 0 bridgehead atoms. The van der Waals surface area contributed by atoms with E-state index in [0.29, 0.717) is 5.69 Å². The summed E-state index contributed by atoms with van der Waals surface area (Å²) in [4.78, 5) is 11.8. The first kappa shape index (κ1) is 12.4. The van der Waals surface area contributed by atoms with E-state index >= 15 is 0 Å². The third kappa shape index (κ3) is 2.78. The van der Waals surface area contributed by atoms with Crippen LogP contribution in [0.2, 0.25) is 0 Å². The number of benzene rings is 1. The molecule has 0 aliphatic rings. The number of sulfone groups is 1. The van der Waals surface area contributed by atoms with Gasteiger partial charge in [-0.05, 0) is 30.3 Å². The summed E-state index contributed by atoms with van der Waals surface area (Å²) in [6.07, 6.45) is 2.50. The first-order valence-electron chi connectivity index (χ1n) is 5.12. The zero-order chi connectivity index (χ0) is 13.2. The number of carbonyl (C=O) groups is 1. The number of rotatable bonds is 3. The maximum absolute atomic E-state index is 11.7. The molecule has 6 heteroatoms. The SMILES string of the molecule is CS(=O)(=O)c1cccc(NC(=O)c2ccco2)c1. The van der Waals surface area contributed by atoms with Gasteiger partial charge in [0, 0.05) is 11.9 Å². The van der Waals surface area contributed by atoms with Crippen LogP contribution in [-0.4, -0.2) is 20.6 Å². The lowest BCUT2D eigenvalue weighted by Gasteiger charge is -2.05. The molecule has 5 nitrogen and oxygen atoms in total. The largest absolute Gasteiger partial charge is 0.459 e. The maximum atomic E-state index is 11.7. The van der Waals surface area contributed by atoms with Crippen LogP contribution in [0.25, 0.3) is 0 Å². The van der Waals surface area contributed by atoms with Crippen molar-refractivity contribution in [1.82, 2.24) is 0 Å². The zero-order valence-corrected chi connectivity index (χ0v) is 10.4. The van der Waals surface area contributed by atoms with Crippen LogP contribution >= 0.6 is 0 Å². The Morgan fingerprint density at radius 2 is 2.00 bits per heavy atom. The molecule has 0 radical (unpaired) electrons. The van der Waals surface area contributed by atoms with Gasteiger partial charge in [-0.25, -0.2) is 8.42 Å². The number of hydrogen-bond acceptors (Lipinski definition) is 4. The summed E-state index contributed by atoms with van der Waals surface area (Å²) in [6, 6.07) is 9.16. The van der Waals surface area contributed by atoms with Gasteiger partial charge < -0.3 is 9.73 Å². The smallest absolute Gasteiger partial charge is 0.291 e. The van der Waals surface area contributed by atoms with Crippen molar-refractivity contribution < 1.29 is 17.6 Å². The minimum atomic E-state index is -3.29. The highest BCUT2D eigenvalue weighted by Gasteiger charge is 2.11. The van der Waals surface area contributed by atoms with Crippen molar-refractivity contribution in [2.24, 2.45) is 0 Å². The molecule has 1 heterocycles. The van der Waals surface area contributed by atoms with Crippen LogP contribution < -0.4 is 5.32 Å². The molecule has 18 heavy (non-hydrogen) atoms. The van der Waals surface area contributed by atoms with Crippen LogP contribution in [0.5, 0.6) is 0 Å². The molecule has 0 saturated carbocycles. The van der Waals surface area contributed by atoms with E-state index in [1.165, 1.54) is 24.5 Å². The lowest BCUT2D eigenvalue weighted by molar-refractivity contribution is 0.0996. The average molecular weight is 265 g/mol. The topological polar surface area (TPSA) is 76.4 Å². The van der Waals surface area contributed by atoms with Crippen LogP contribution in [-0.2, 0) is 9.84 Å². The van der Waals surface area contributed by atoms with Gasteiger partial charge in [0.25, 0.3) is 5.91 Å². The molecule has 0 spiro atoms. The van der Waals surface area contributed by atoms with Crippen LogP contribution in [0.4, 0.5) is 5.69 Å². The van der Waals surface area contributed by atoms with Crippen molar-refractivity contribution in [3.63, 3.8) is 0 Å². The third-order valence-electron chi connectivity index (χ3n) is 2.27. The van der Waals surface area contributed by atoms with E-state index in [1.54, 1.807) is 18.2 Å². The van der Waals surface area contributed by atoms with Crippen LogP contribution in [0, 0.1) is 0 Å². The maximum Gasteiger partial charge on any atom is 0.291 e. The normalized spacial score (nSPS) is 11.2. The Morgan fingerprint density at radius 3 is 2.61 bits per heavy atom. The summed E-state index contributed by atoms with van der Waals surface area (Å²) in [5.41, 5.74) is 0.402. The van der Waals surface area contributed by atoms with E-state index in [2.05, 4.69) is 5.32 Å². The summed E-state index contributed by atoms with van der Waals surface area (Å²) in [5.74, 6) is -0.259. The summed E-state index contributed by atoms with van der Waals surface area (Å²) < 4.78 is 27.7. The van der Waals surface area contributed by atoms with Crippen LogP contribution in [0.15, 0.2) is 52.0 Å². The Balaban J connectivity index is 2.23. The molecule has 2 aromatic rings. The molecule has 1 N–H and O–H groups in total. The first-order valence-corrected chi connectivity index (χ1v) is 7.01. The second kappa shape index (κ2) is 4.66. The molecule has 0 atom stereocenters.